The highest BCUT2D eigenvalue weighted by atomic mass is 32.2. The predicted octanol–water partition coefficient (Wildman–Crippen LogP) is 2.74. The predicted molar refractivity (Wildman–Crippen MR) is 74.6 cm³/mol. The molecule has 1 aromatic carbocycles. The molecule has 18 heavy (non-hydrogen) atoms. The van der Waals surface area contributed by atoms with E-state index in [1.54, 1.807) is 0 Å². The minimum Gasteiger partial charge on any atom is -0.493 e. The lowest BCUT2D eigenvalue weighted by Gasteiger charge is -2.17. The first kappa shape index (κ1) is 12.2. The van der Waals surface area contributed by atoms with Crippen LogP contribution >= 0.6 is 11.8 Å². The van der Waals surface area contributed by atoms with E-state index in [9.17, 15) is 0 Å². The number of ether oxygens (including phenoxy) is 2. The average Bonchev–Trinajstić information content (AvgIpc) is 2.95. The summed E-state index contributed by atoms with van der Waals surface area (Å²) >= 11 is 1.94. The van der Waals surface area contributed by atoms with E-state index in [1.165, 1.54) is 11.1 Å². The molecule has 0 aromatic heterocycles. The Balaban J connectivity index is 1.97. The lowest BCUT2D eigenvalue weighted by molar-refractivity contribution is 0.254. The van der Waals surface area contributed by atoms with Crippen LogP contribution in [0.15, 0.2) is 12.1 Å². The fraction of sp³-hybridized carbons (Fsp3) is 0.571. The molecule has 0 aliphatic carbocycles. The smallest absolute Gasteiger partial charge is 0.125 e. The standard InChI is InChI=1S/C14H19NO2S/c1-3-16-13-7-10-6-9(2)17-12(10)8-11(13)14-15-4-5-18-14/h7-9,14-15H,3-6H2,1-2H3. The summed E-state index contributed by atoms with van der Waals surface area (Å²) in [6.45, 7) is 5.92. The second-order valence-electron chi connectivity index (χ2n) is 4.77. The number of hydrogen-bond acceptors (Lipinski definition) is 4. The molecule has 0 saturated carbocycles. The van der Waals surface area contributed by atoms with E-state index in [0.29, 0.717) is 12.0 Å². The maximum atomic E-state index is 5.85. The van der Waals surface area contributed by atoms with E-state index in [1.807, 2.05) is 18.7 Å². The second-order valence-corrected chi connectivity index (χ2v) is 5.98. The monoisotopic (exact) mass is 265 g/mol. The van der Waals surface area contributed by atoms with E-state index < -0.39 is 0 Å². The van der Waals surface area contributed by atoms with Gasteiger partial charge >= 0.3 is 0 Å². The van der Waals surface area contributed by atoms with Gasteiger partial charge in [0, 0.05) is 29.8 Å². The minimum atomic E-state index is 0.286. The van der Waals surface area contributed by atoms with E-state index in [4.69, 9.17) is 9.47 Å². The highest BCUT2D eigenvalue weighted by Crippen LogP contribution is 2.41. The molecule has 2 aliphatic rings. The summed E-state index contributed by atoms with van der Waals surface area (Å²) in [7, 11) is 0. The molecule has 0 bridgehead atoms. The molecule has 4 heteroatoms. The highest BCUT2D eigenvalue weighted by Gasteiger charge is 2.26. The van der Waals surface area contributed by atoms with Crippen LogP contribution in [0, 0.1) is 0 Å². The van der Waals surface area contributed by atoms with Gasteiger partial charge in [0.25, 0.3) is 0 Å². The molecule has 2 aliphatic heterocycles. The van der Waals surface area contributed by atoms with Crippen LogP contribution in [0.1, 0.15) is 30.3 Å². The Morgan fingerprint density at radius 2 is 2.39 bits per heavy atom. The van der Waals surface area contributed by atoms with Crippen molar-refractivity contribution in [1.29, 1.82) is 0 Å². The Kier molecular flexibility index (Phi) is 3.39. The Morgan fingerprint density at radius 1 is 1.50 bits per heavy atom. The van der Waals surface area contributed by atoms with Crippen molar-refractivity contribution in [1.82, 2.24) is 5.32 Å². The van der Waals surface area contributed by atoms with Crippen molar-refractivity contribution < 1.29 is 9.47 Å². The summed E-state index contributed by atoms with van der Waals surface area (Å²) in [6, 6.07) is 4.33. The quantitative estimate of drug-likeness (QED) is 0.910. The van der Waals surface area contributed by atoms with Gasteiger partial charge < -0.3 is 14.8 Å². The topological polar surface area (TPSA) is 30.5 Å². The third-order valence-corrected chi connectivity index (χ3v) is 4.52. The molecule has 1 N–H and O–H groups in total. The van der Waals surface area contributed by atoms with Crippen LogP contribution in [0.25, 0.3) is 0 Å². The van der Waals surface area contributed by atoms with Crippen LogP contribution in [0.3, 0.4) is 0 Å². The van der Waals surface area contributed by atoms with Gasteiger partial charge in [0.05, 0.1) is 12.0 Å². The highest BCUT2D eigenvalue weighted by molar-refractivity contribution is 7.99. The average molecular weight is 265 g/mol. The fourth-order valence-electron chi connectivity index (χ4n) is 2.57. The Hall–Kier alpha value is -0.870. The van der Waals surface area contributed by atoms with Crippen molar-refractivity contribution in [3.8, 4) is 11.5 Å². The van der Waals surface area contributed by atoms with Gasteiger partial charge in [0.2, 0.25) is 0 Å². The molecular weight excluding hydrogens is 246 g/mol. The molecule has 1 fully saturated rings. The van der Waals surface area contributed by atoms with Gasteiger partial charge in [-0.1, -0.05) is 0 Å². The summed E-state index contributed by atoms with van der Waals surface area (Å²) in [5.41, 5.74) is 2.50. The van der Waals surface area contributed by atoms with E-state index in [0.717, 1.165) is 30.2 Å². The third kappa shape index (κ3) is 2.19. The molecule has 0 spiro atoms. The number of thioether (sulfide) groups is 1. The molecule has 1 aromatic rings. The van der Waals surface area contributed by atoms with Crippen molar-refractivity contribution in [3.63, 3.8) is 0 Å². The van der Waals surface area contributed by atoms with Gasteiger partial charge in [0.1, 0.15) is 17.6 Å². The number of rotatable bonds is 3. The summed E-state index contributed by atoms with van der Waals surface area (Å²) in [5, 5.41) is 3.85. The summed E-state index contributed by atoms with van der Waals surface area (Å²) in [6.07, 6.45) is 1.27. The first-order valence-corrected chi connectivity index (χ1v) is 7.64. The van der Waals surface area contributed by atoms with Gasteiger partial charge in [0.15, 0.2) is 0 Å². The van der Waals surface area contributed by atoms with Crippen molar-refractivity contribution in [2.24, 2.45) is 0 Å². The van der Waals surface area contributed by atoms with Gasteiger partial charge in [-0.3, -0.25) is 0 Å². The van der Waals surface area contributed by atoms with Crippen molar-refractivity contribution in [3.05, 3.63) is 23.3 Å². The number of benzene rings is 1. The third-order valence-electron chi connectivity index (χ3n) is 3.33. The zero-order valence-electron chi connectivity index (χ0n) is 10.9. The van der Waals surface area contributed by atoms with E-state index >= 15 is 0 Å². The van der Waals surface area contributed by atoms with Crippen LogP contribution in [0.2, 0.25) is 0 Å². The zero-order chi connectivity index (χ0) is 12.5. The molecule has 0 radical (unpaired) electrons. The zero-order valence-corrected chi connectivity index (χ0v) is 11.7. The molecule has 2 heterocycles. The van der Waals surface area contributed by atoms with Crippen LogP contribution < -0.4 is 14.8 Å². The first-order valence-electron chi connectivity index (χ1n) is 6.59. The molecule has 3 nitrogen and oxygen atoms in total. The molecule has 1 saturated heterocycles. The Morgan fingerprint density at radius 3 is 3.11 bits per heavy atom. The van der Waals surface area contributed by atoms with Gasteiger partial charge in [-0.2, -0.15) is 0 Å². The Bertz CT molecular complexity index is 444. The van der Waals surface area contributed by atoms with Crippen molar-refractivity contribution >= 4 is 11.8 Å². The van der Waals surface area contributed by atoms with Crippen molar-refractivity contribution in [2.75, 3.05) is 18.9 Å². The van der Waals surface area contributed by atoms with E-state index in [-0.39, 0.29) is 6.10 Å². The maximum absolute atomic E-state index is 5.85. The number of hydrogen-bond donors (Lipinski definition) is 1. The van der Waals surface area contributed by atoms with E-state index in [2.05, 4.69) is 24.4 Å². The fourth-order valence-corrected chi connectivity index (χ4v) is 3.64. The van der Waals surface area contributed by atoms with Gasteiger partial charge in [-0.05, 0) is 26.0 Å². The molecule has 98 valence electrons. The van der Waals surface area contributed by atoms with Crippen molar-refractivity contribution in [2.45, 2.75) is 31.7 Å². The van der Waals surface area contributed by atoms with Gasteiger partial charge in [-0.15, -0.1) is 11.8 Å². The Labute approximate surface area is 112 Å². The molecule has 2 unspecified atom stereocenters. The molecular formula is C14H19NO2S. The normalized spacial score (nSPS) is 25.9. The van der Waals surface area contributed by atoms with Crippen LogP contribution in [-0.4, -0.2) is 25.0 Å². The number of nitrogens with one attached hydrogen (secondary N) is 1. The summed E-state index contributed by atoms with van der Waals surface area (Å²) in [4.78, 5) is 0. The number of fused-ring (bicyclic) bond motifs is 1. The largest absolute Gasteiger partial charge is 0.493 e. The SMILES string of the molecule is CCOc1cc2c(cc1C1NCCS1)OC(C)C2. The first-order chi connectivity index (χ1) is 8.78. The second kappa shape index (κ2) is 5.02. The molecule has 2 atom stereocenters. The maximum Gasteiger partial charge on any atom is 0.125 e. The minimum absolute atomic E-state index is 0.286. The molecule has 0 amide bonds. The van der Waals surface area contributed by atoms with Crippen LogP contribution in [0.5, 0.6) is 11.5 Å². The van der Waals surface area contributed by atoms with Crippen LogP contribution in [-0.2, 0) is 6.42 Å². The summed E-state index contributed by atoms with van der Waals surface area (Å²) < 4.78 is 11.6. The summed E-state index contributed by atoms with van der Waals surface area (Å²) in [5.74, 6) is 3.21. The van der Waals surface area contributed by atoms with Crippen LogP contribution in [0.4, 0.5) is 0 Å². The lowest BCUT2D eigenvalue weighted by atomic mass is 10.1. The van der Waals surface area contributed by atoms with Gasteiger partial charge in [-0.25, -0.2) is 0 Å². The lowest BCUT2D eigenvalue weighted by Crippen LogP contribution is -2.13. The molecule has 3 rings (SSSR count).